The van der Waals surface area contributed by atoms with Crippen molar-refractivity contribution < 1.29 is 60.4 Å². The van der Waals surface area contributed by atoms with Crippen molar-refractivity contribution in [3.8, 4) is 0 Å². The minimum atomic E-state index is -1.45. The van der Waals surface area contributed by atoms with Crippen LogP contribution in [0.2, 0.25) is 0 Å². The van der Waals surface area contributed by atoms with E-state index in [0.717, 1.165) is 12.1 Å². The molecule has 4 aliphatic rings. The predicted molar refractivity (Wildman–Crippen MR) is 165 cm³/mol. The van der Waals surface area contributed by atoms with E-state index in [0.29, 0.717) is 51.1 Å². The molecule has 0 spiro atoms. The van der Waals surface area contributed by atoms with Crippen LogP contribution in [0.3, 0.4) is 0 Å². The molecule has 4 aliphatic heterocycles. The second-order valence-electron chi connectivity index (χ2n) is 13.6. The first-order valence-corrected chi connectivity index (χ1v) is 16.8. The monoisotopic (exact) mass is 710 g/mol. The van der Waals surface area contributed by atoms with E-state index in [-0.39, 0.29) is 43.4 Å². The van der Waals surface area contributed by atoms with Gasteiger partial charge in [0.1, 0.15) is 47.9 Å². The van der Waals surface area contributed by atoms with Crippen LogP contribution in [-0.4, -0.2) is 112 Å². The van der Waals surface area contributed by atoms with Crippen molar-refractivity contribution in [3.05, 3.63) is 35.4 Å². The van der Waals surface area contributed by atoms with E-state index in [1.807, 2.05) is 6.92 Å². The fraction of sp³-hybridized carbons (Fsp3) is 0.636. The van der Waals surface area contributed by atoms with Gasteiger partial charge in [-0.3, -0.25) is 24.0 Å². The first kappa shape index (κ1) is 38.0. The molecule has 0 bridgehead atoms. The first-order valence-electron chi connectivity index (χ1n) is 16.8. The van der Waals surface area contributed by atoms with Crippen molar-refractivity contribution in [1.82, 2.24) is 25.3 Å². The van der Waals surface area contributed by atoms with Gasteiger partial charge in [0.2, 0.25) is 23.6 Å². The molecule has 8 atom stereocenters. The molecule has 5 N–H and O–H groups in total. The Morgan fingerprint density at radius 3 is 2.22 bits per heavy atom. The van der Waals surface area contributed by atoms with Crippen molar-refractivity contribution in [3.63, 3.8) is 0 Å². The van der Waals surface area contributed by atoms with Gasteiger partial charge in [0, 0.05) is 32.1 Å². The van der Waals surface area contributed by atoms with Crippen LogP contribution in [0.15, 0.2) is 18.2 Å². The number of carbonyl (C=O) groups is 6. The van der Waals surface area contributed by atoms with Crippen LogP contribution < -0.4 is 28.8 Å². The molecule has 4 saturated heterocycles. The zero-order valence-corrected chi connectivity index (χ0v) is 28.7. The topological polar surface area (TPSA) is 173 Å². The zero-order valence-electron chi connectivity index (χ0n) is 28.0. The van der Waals surface area contributed by atoms with Gasteiger partial charge >= 0.3 is 5.97 Å². The summed E-state index contributed by atoms with van der Waals surface area (Å²) in [6.07, 6.45) is 1.51. The Labute approximate surface area is 290 Å². The van der Waals surface area contributed by atoms with Crippen molar-refractivity contribution >= 4 is 35.5 Å². The molecular weight excluding hydrogens is 666 g/mol. The predicted octanol–water partition coefficient (Wildman–Crippen LogP) is -3.33. The van der Waals surface area contributed by atoms with Crippen LogP contribution in [-0.2, 0) is 39.9 Å². The summed E-state index contributed by atoms with van der Waals surface area (Å²) in [7, 11) is 0. The van der Waals surface area contributed by atoms with Crippen LogP contribution in [0.25, 0.3) is 0 Å². The largest absolute Gasteiger partial charge is 1.00 e. The third kappa shape index (κ3) is 8.31. The number of quaternary nitrogens is 1. The molecule has 1 aromatic rings. The molecule has 4 fully saturated rings. The van der Waals surface area contributed by atoms with Crippen molar-refractivity contribution in [2.45, 2.75) is 108 Å². The molecule has 49 heavy (non-hydrogen) atoms. The van der Waals surface area contributed by atoms with E-state index in [9.17, 15) is 37.5 Å². The molecule has 0 radical (unpaired) electrons. The van der Waals surface area contributed by atoms with Crippen molar-refractivity contribution in [2.24, 2.45) is 5.92 Å². The Kier molecular flexibility index (Phi) is 12.2. The molecule has 4 heterocycles. The summed E-state index contributed by atoms with van der Waals surface area (Å²) >= 11 is 0. The van der Waals surface area contributed by atoms with Gasteiger partial charge in [-0.2, -0.15) is 0 Å². The number of hydrogen-bond donors (Lipinski definition) is 3. The van der Waals surface area contributed by atoms with Crippen LogP contribution in [0.4, 0.5) is 8.78 Å². The minimum absolute atomic E-state index is 0. The molecule has 1 aromatic carbocycles. The lowest BCUT2D eigenvalue weighted by Crippen LogP contribution is -3.00. The molecule has 0 saturated carbocycles. The minimum Gasteiger partial charge on any atom is -1.00 e. The Morgan fingerprint density at radius 2 is 1.53 bits per heavy atom. The smallest absolute Gasteiger partial charge is 0.329 e. The standard InChI is InChI=1S/C33H44F2N6O7.ClH/c1-17-11-26-33(47)48-19(3)27(38-28(42)23(36)14-20-12-21(34)15-22(35)13-20)32(46)40-10-6-8-25(40)31(45)39-9-5-4-7-24(39)29(43)37-18(2)30(44)41(26)16-17;/h12-13,15,17-19,23-27H,4-11,14,16,36H2,1-3H3,(H,37,43)(H,38,42);1H/t17-,18-,19-,23-,24-,25-,26-,27-;/m0./s1. The fourth-order valence-electron chi connectivity index (χ4n) is 7.35. The lowest BCUT2D eigenvalue weighted by Gasteiger charge is -2.39. The highest BCUT2D eigenvalue weighted by Crippen LogP contribution is 2.28. The van der Waals surface area contributed by atoms with Crippen molar-refractivity contribution in [2.75, 3.05) is 19.6 Å². The summed E-state index contributed by atoms with van der Waals surface area (Å²) in [4.78, 5) is 86.7. The number of nitrogens with zero attached hydrogens (tertiary/aromatic N) is 3. The van der Waals surface area contributed by atoms with Gasteiger partial charge in [-0.05, 0) is 76.0 Å². The normalized spacial score (nSPS) is 30.4. The second-order valence-corrected chi connectivity index (χ2v) is 13.6. The number of benzene rings is 1. The Hall–Kier alpha value is -3.85. The highest BCUT2D eigenvalue weighted by molar-refractivity contribution is 5.97. The SMILES string of the molecule is C[C@H]1C[C@H]2C(=O)O[C@@H](C)[C@H](NC(=O)[C@@H]([NH3+])Cc3cc(F)cc(F)c3)C(=O)N3CCC[C@H]3C(=O)N3CCCC[C@H]3C(=O)N[C@@H](C)C(=O)N2C1.[Cl-]. The number of esters is 1. The fourth-order valence-corrected chi connectivity index (χ4v) is 7.35. The van der Waals surface area contributed by atoms with Gasteiger partial charge in [-0.15, -0.1) is 0 Å². The maximum absolute atomic E-state index is 14.3. The van der Waals surface area contributed by atoms with Gasteiger partial charge in [-0.1, -0.05) is 6.92 Å². The van der Waals surface area contributed by atoms with E-state index >= 15 is 0 Å². The summed E-state index contributed by atoms with van der Waals surface area (Å²) in [5.74, 6) is -5.19. The number of amides is 5. The second kappa shape index (κ2) is 15.8. The summed E-state index contributed by atoms with van der Waals surface area (Å²) in [6.45, 7) is 5.63. The summed E-state index contributed by atoms with van der Waals surface area (Å²) in [5.41, 5.74) is 4.02. The number of ether oxygens (including phenoxy) is 1. The quantitative estimate of drug-likeness (QED) is 0.274. The Balaban J connectivity index is 0.00000541. The number of rotatable bonds is 4. The van der Waals surface area contributed by atoms with Gasteiger partial charge in [-0.25, -0.2) is 13.6 Å². The zero-order chi connectivity index (χ0) is 34.9. The third-order valence-electron chi connectivity index (χ3n) is 9.81. The van der Waals surface area contributed by atoms with E-state index in [1.165, 1.54) is 21.6 Å². The number of fused-ring (bicyclic) bond motifs is 3. The lowest BCUT2D eigenvalue weighted by atomic mass is 9.99. The molecule has 0 aliphatic carbocycles. The van der Waals surface area contributed by atoms with E-state index in [2.05, 4.69) is 16.4 Å². The maximum Gasteiger partial charge on any atom is 0.329 e. The number of carbonyl (C=O) groups excluding carboxylic acids is 6. The van der Waals surface area contributed by atoms with Crippen LogP contribution in [0.5, 0.6) is 0 Å². The van der Waals surface area contributed by atoms with Crippen molar-refractivity contribution in [1.29, 1.82) is 0 Å². The summed E-state index contributed by atoms with van der Waals surface area (Å²) in [5, 5.41) is 5.40. The number of cyclic esters (lactones) is 1. The Bertz CT molecular complexity index is 1450. The number of halogens is 3. The van der Waals surface area contributed by atoms with Gasteiger partial charge in [0.15, 0.2) is 6.04 Å². The summed E-state index contributed by atoms with van der Waals surface area (Å²) < 4.78 is 33.4. The summed E-state index contributed by atoms with van der Waals surface area (Å²) in [6, 6.07) is -3.36. The number of nitrogens with one attached hydrogen (secondary N) is 2. The third-order valence-corrected chi connectivity index (χ3v) is 9.81. The van der Waals surface area contributed by atoms with Gasteiger partial charge < -0.3 is 48.2 Å². The first-order chi connectivity index (χ1) is 22.7. The van der Waals surface area contributed by atoms with E-state index in [1.54, 1.807) is 6.92 Å². The molecule has 5 amide bonds. The molecule has 13 nitrogen and oxygen atoms in total. The van der Waals surface area contributed by atoms with E-state index < -0.39 is 89.5 Å². The average Bonchev–Trinajstić information content (AvgIpc) is 3.68. The van der Waals surface area contributed by atoms with Crippen LogP contribution >= 0.6 is 0 Å². The van der Waals surface area contributed by atoms with Crippen LogP contribution in [0, 0.1) is 17.6 Å². The highest BCUT2D eigenvalue weighted by Gasteiger charge is 2.47. The van der Waals surface area contributed by atoms with E-state index in [4.69, 9.17) is 4.74 Å². The number of hydrogen-bond acceptors (Lipinski definition) is 7. The molecule has 0 unspecified atom stereocenters. The lowest BCUT2D eigenvalue weighted by molar-refractivity contribution is -0.403. The van der Waals surface area contributed by atoms with Gasteiger partial charge in [0.25, 0.3) is 5.91 Å². The Morgan fingerprint density at radius 1 is 0.898 bits per heavy atom. The number of piperidine rings is 1. The van der Waals surface area contributed by atoms with Gasteiger partial charge in [0.05, 0.1) is 0 Å². The average molecular weight is 711 g/mol. The van der Waals surface area contributed by atoms with Crippen LogP contribution in [0.1, 0.15) is 64.9 Å². The maximum atomic E-state index is 14.3. The molecule has 270 valence electrons. The molecular formula is C33H45ClF2N6O7. The highest BCUT2D eigenvalue weighted by atomic mass is 35.5. The molecule has 5 rings (SSSR count). The molecule has 0 aromatic heterocycles. The molecule has 16 heteroatoms.